The molecule has 0 aromatic carbocycles. The first-order valence-corrected chi connectivity index (χ1v) is 4.79. The minimum absolute atomic E-state index is 0.500. The van der Waals surface area contributed by atoms with Gasteiger partial charge in [-0.15, -0.1) is 0 Å². The molecule has 4 heteroatoms. The minimum Gasteiger partial charge on any atom is -0.245 e. The number of aromatic nitrogens is 1. The average Bonchev–Trinajstić information content (AvgIpc) is 1.85. The standard InChI is InChI=1S/C7H4Br2ClN/c8-6(9)3-5-1-2-11-7(10)4-5/h1-4H. The zero-order valence-corrected chi connectivity index (χ0v) is 9.32. The Morgan fingerprint density at radius 3 is 2.82 bits per heavy atom. The second-order valence-corrected chi connectivity index (χ2v) is 5.01. The highest BCUT2D eigenvalue weighted by atomic mass is 79.9. The Labute approximate surface area is 86.7 Å². The monoisotopic (exact) mass is 295 g/mol. The van der Waals surface area contributed by atoms with E-state index in [0.717, 1.165) is 8.96 Å². The van der Waals surface area contributed by atoms with Crippen LogP contribution >= 0.6 is 43.5 Å². The van der Waals surface area contributed by atoms with Crippen molar-refractivity contribution in [3.05, 3.63) is 32.4 Å². The quantitative estimate of drug-likeness (QED) is 0.718. The number of hydrogen-bond donors (Lipinski definition) is 0. The lowest BCUT2D eigenvalue weighted by atomic mass is 10.3. The van der Waals surface area contributed by atoms with Crippen molar-refractivity contribution in [1.29, 1.82) is 0 Å². The highest BCUT2D eigenvalue weighted by Crippen LogP contribution is 2.18. The maximum absolute atomic E-state index is 5.66. The summed E-state index contributed by atoms with van der Waals surface area (Å²) in [5.74, 6) is 0. The van der Waals surface area contributed by atoms with Crippen LogP contribution in [0.3, 0.4) is 0 Å². The fourth-order valence-electron chi connectivity index (χ4n) is 0.633. The van der Waals surface area contributed by atoms with E-state index in [1.807, 2.05) is 12.1 Å². The van der Waals surface area contributed by atoms with Crippen molar-refractivity contribution < 1.29 is 0 Å². The SMILES string of the molecule is Clc1cc(C=C(Br)Br)ccn1. The van der Waals surface area contributed by atoms with Gasteiger partial charge in [-0.05, 0) is 55.6 Å². The first-order chi connectivity index (χ1) is 5.18. The van der Waals surface area contributed by atoms with Gasteiger partial charge in [-0.1, -0.05) is 11.6 Å². The predicted molar refractivity (Wildman–Crippen MR) is 55.1 cm³/mol. The molecule has 0 fully saturated rings. The molecule has 1 nitrogen and oxygen atoms in total. The van der Waals surface area contributed by atoms with Crippen LogP contribution in [0.15, 0.2) is 21.7 Å². The van der Waals surface area contributed by atoms with E-state index in [0.29, 0.717) is 5.15 Å². The second kappa shape index (κ2) is 4.24. The zero-order valence-electron chi connectivity index (χ0n) is 5.39. The molecular formula is C7H4Br2ClN. The molecule has 0 spiro atoms. The van der Waals surface area contributed by atoms with Crippen molar-refractivity contribution in [2.75, 3.05) is 0 Å². The molecule has 0 amide bonds. The lowest BCUT2D eigenvalue weighted by molar-refractivity contribution is 1.32. The van der Waals surface area contributed by atoms with Crippen molar-refractivity contribution >= 4 is 49.5 Å². The molecule has 0 saturated heterocycles. The van der Waals surface area contributed by atoms with E-state index < -0.39 is 0 Å². The summed E-state index contributed by atoms with van der Waals surface area (Å²) in [6.45, 7) is 0. The summed E-state index contributed by atoms with van der Waals surface area (Å²) in [6, 6.07) is 3.65. The van der Waals surface area contributed by atoms with Crippen LogP contribution < -0.4 is 0 Å². The molecule has 1 aromatic rings. The first-order valence-electron chi connectivity index (χ1n) is 2.83. The first kappa shape index (κ1) is 9.23. The second-order valence-electron chi connectivity index (χ2n) is 1.85. The average molecular weight is 297 g/mol. The molecule has 0 aliphatic rings. The Morgan fingerprint density at radius 2 is 2.27 bits per heavy atom. The Hall–Kier alpha value is 0.140. The third-order valence-corrected chi connectivity index (χ3v) is 1.69. The molecule has 0 unspecified atom stereocenters. The molecule has 11 heavy (non-hydrogen) atoms. The summed E-state index contributed by atoms with van der Waals surface area (Å²) in [7, 11) is 0. The van der Waals surface area contributed by atoms with Crippen molar-refractivity contribution in [1.82, 2.24) is 4.98 Å². The summed E-state index contributed by atoms with van der Waals surface area (Å²) >= 11 is 12.2. The third kappa shape index (κ3) is 3.36. The summed E-state index contributed by atoms with van der Waals surface area (Å²) in [5, 5.41) is 0.500. The number of nitrogens with zero attached hydrogens (tertiary/aromatic N) is 1. The maximum atomic E-state index is 5.66. The summed E-state index contributed by atoms with van der Waals surface area (Å²) in [6.07, 6.45) is 3.56. The lowest BCUT2D eigenvalue weighted by Gasteiger charge is -1.92. The summed E-state index contributed by atoms with van der Waals surface area (Å²) < 4.78 is 0.882. The van der Waals surface area contributed by atoms with E-state index in [-0.39, 0.29) is 0 Å². The Kier molecular flexibility index (Phi) is 3.55. The van der Waals surface area contributed by atoms with Crippen LogP contribution in [-0.4, -0.2) is 4.98 Å². The van der Waals surface area contributed by atoms with Gasteiger partial charge in [-0.2, -0.15) is 0 Å². The van der Waals surface area contributed by atoms with Gasteiger partial charge >= 0.3 is 0 Å². The third-order valence-electron chi connectivity index (χ3n) is 1.03. The Morgan fingerprint density at radius 1 is 1.55 bits per heavy atom. The molecule has 1 heterocycles. The van der Waals surface area contributed by atoms with Gasteiger partial charge in [0.2, 0.25) is 0 Å². The lowest BCUT2D eigenvalue weighted by Crippen LogP contribution is -1.75. The Balaban J connectivity index is 2.97. The largest absolute Gasteiger partial charge is 0.245 e. The van der Waals surface area contributed by atoms with E-state index in [1.54, 1.807) is 12.3 Å². The normalized spacial score (nSPS) is 9.36. The van der Waals surface area contributed by atoms with Crippen LogP contribution in [0, 0.1) is 0 Å². The topological polar surface area (TPSA) is 12.9 Å². The molecule has 0 saturated carbocycles. The highest BCUT2D eigenvalue weighted by molar-refractivity contribution is 9.28. The van der Waals surface area contributed by atoms with Crippen molar-refractivity contribution in [2.45, 2.75) is 0 Å². The van der Waals surface area contributed by atoms with Crippen molar-refractivity contribution in [3.8, 4) is 0 Å². The fourth-order valence-corrected chi connectivity index (χ4v) is 1.34. The van der Waals surface area contributed by atoms with Crippen LogP contribution in [-0.2, 0) is 0 Å². The molecule has 0 aliphatic heterocycles. The molecule has 0 atom stereocenters. The van der Waals surface area contributed by atoms with Crippen molar-refractivity contribution in [2.24, 2.45) is 0 Å². The van der Waals surface area contributed by atoms with Gasteiger partial charge in [-0.25, -0.2) is 4.98 Å². The number of hydrogen-bond acceptors (Lipinski definition) is 1. The Bertz CT molecular complexity index is 282. The van der Waals surface area contributed by atoms with Gasteiger partial charge in [0.1, 0.15) is 5.15 Å². The van der Waals surface area contributed by atoms with E-state index in [2.05, 4.69) is 36.8 Å². The van der Waals surface area contributed by atoms with Crippen LogP contribution in [0.25, 0.3) is 6.08 Å². The highest BCUT2D eigenvalue weighted by Gasteiger charge is 1.91. The molecule has 0 radical (unpaired) electrons. The van der Waals surface area contributed by atoms with Gasteiger partial charge in [0.25, 0.3) is 0 Å². The maximum Gasteiger partial charge on any atom is 0.129 e. The predicted octanol–water partition coefficient (Wildman–Crippen LogP) is 3.82. The number of rotatable bonds is 1. The minimum atomic E-state index is 0.500. The smallest absolute Gasteiger partial charge is 0.129 e. The van der Waals surface area contributed by atoms with Crippen LogP contribution in [0.4, 0.5) is 0 Å². The van der Waals surface area contributed by atoms with E-state index in [4.69, 9.17) is 11.6 Å². The molecule has 1 rings (SSSR count). The van der Waals surface area contributed by atoms with Crippen LogP contribution in [0.2, 0.25) is 5.15 Å². The van der Waals surface area contributed by atoms with Gasteiger partial charge < -0.3 is 0 Å². The van der Waals surface area contributed by atoms with Crippen molar-refractivity contribution in [3.63, 3.8) is 0 Å². The molecular weight excluding hydrogens is 293 g/mol. The number of halogens is 3. The molecule has 0 N–H and O–H groups in total. The summed E-state index contributed by atoms with van der Waals surface area (Å²) in [4.78, 5) is 3.85. The molecule has 0 aliphatic carbocycles. The zero-order chi connectivity index (χ0) is 8.27. The van der Waals surface area contributed by atoms with E-state index in [1.165, 1.54) is 0 Å². The van der Waals surface area contributed by atoms with Gasteiger partial charge in [0.05, 0.1) is 3.39 Å². The molecule has 0 bridgehead atoms. The molecule has 1 aromatic heterocycles. The van der Waals surface area contributed by atoms with E-state index in [9.17, 15) is 0 Å². The molecule has 58 valence electrons. The van der Waals surface area contributed by atoms with Gasteiger partial charge in [0, 0.05) is 6.20 Å². The van der Waals surface area contributed by atoms with Gasteiger partial charge in [-0.3, -0.25) is 0 Å². The number of pyridine rings is 1. The fraction of sp³-hybridized carbons (Fsp3) is 0. The van der Waals surface area contributed by atoms with Gasteiger partial charge in [0.15, 0.2) is 0 Å². The van der Waals surface area contributed by atoms with E-state index >= 15 is 0 Å². The van der Waals surface area contributed by atoms with Crippen LogP contribution in [0.5, 0.6) is 0 Å². The van der Waals surface area contributed by atoms with Crippen LogP contribution in [0.1, 0.15) is 5.56 Å². The summed E-state index contributed by atoms with van der Waals surface area (Å²) in [5.41, 5.74) is 1.01.